The molecule has 1 aliphatic heterocycles. The van der Waals surface area contributed by atoms with Crippen LogP contribution in [0, 0.1) is 5.92 Å². The second-order valence-corrected chi connectivity index (χ2v) is 7.81. The van der Waals surface area contributed by atoms with Gasteiger partial charge in [-0.1, -0.05) is 13.8 Å². The Labute approximate surface area is 119 Å². The highest BCUT2D eigenvalue weighted by atomic mass is 32.2. The summed E-state index contributed by atoms with van der Waals surface area (Å²) in [6, 6.07) is -0.0675. The van der Waals surface area contributed by atoms with Crippen molar-refractivity contribution in [2.45, 2.75) is 26.3 Å². The van der Waals surface area contributed by atoms with Crippen molar-refractivity contribution in [1.82, 2.24) is 15.2 Å². The van der Waals surface area contributed by atoms with Crippen molar-refractivity contribution in [2.75, 3.05) is 35.3 Å². The smallest absolute Gasteiger partial charge is 0.247 e. The molecule has 1 fully saturated rings. The quantitative estimate of drug-likeness (QED) is 0.850. The SMILES string of the molecule is CC(C)CNc1cnnc(N(C)C2CCS(=O)(=O)C2)n1. The molecular weight excluding hydrogens is 278 g/mol. The average Bonchev–Trinajstić information content (AvgIpc) is 2.76. The molecule has 2 heterocycles. The van der Waals surface area contributed by atoms with E-state index in [9.17, 15) is 8.42 Å². The van der Waals surface area contributed by atoms with Crippen LogP contribution in [0.1, 0.15) is 20.3 Å². The number of rotatable bonds is 5. The number of nitrogens with one attached hydrogen (secondary N) is 1. The van der Waals surface area contributed by atoms with E-state index < -0.39 is 9.84 Å². The fourth-order valence-electron chi connectivity index (χ4n) is 2.08. The maximum atomic E-state index is 11.5. The molecule has 1 atom stereocenters. The molecule has 0 aromatic carbocycles. The predicted octanol–water partition coefficient (Wildman–Crippen LogP) is 0.563. The molecule has 1 aromatic rings. The molecule has 20 heavy (non-hydrogen) atoms. The zero-order valence-electron chi connectivity index (χ0n) is 12.1. The second kappa shape index (κ2) is 5.90. The summed E-state index contributed by atoms with van der Waals surface area (Å²) in [5, 5.41) is 11.1. The Morgan fingerprint density at radius 3 is 2.85 bits per heavy atom. The molecule has 112 valence electrons. The van der Waals surface area contributed by atoms with Crippen molar-refractivity contribution in [1.29, 1.82) is 0 Å². The van der Waals surface area contributed by atoms with Gasteiger partial charge in [0.2, 0.25) is 5.95 Å². The fraction of sp³-hybridized carbons (Fsp3) is 0.750. The van der Waals surface area contributed by atoms with Gasteiger partial charge in [-0.05, 0) is 12.3 Å². The van der Waals surface area contributed by atoms with Crippen LogP contribution < -0.4 is 10.2 Å². The van der Waals surface area contributed by atoms with Crippen LogP contribution >= 0.6 is 0 Å². The van der Waals surface area contributed by atoms with Gasteiger partial charge < -0.3 is 10.2 Å². The summed E-state index contributed by atoms with van der Waals surface area (Å²) in [6.45, 7) is 5.02. The lowest BCUT2D eigenvalue weighted by Crippen LogP contribution is -2.34. The summed E-state index contributed by atoms with van der Waals surface area (Å²) in [6.07, 6.45) is 2.19. The van der Waals surface area contributed by atoms with E-state index in [0.29, 0.717) is 24.1 Å². The topological polar surface area (TPSA) is 88.1 Å². The Balaban J connectivity index is 2.06. The molecule has 1 aromatic heterocycles. The van der Waals surface area contributed by atoms with E-state index in [2.05, 4.69) is 34.3 Å². The Hall–Kier alpha value is -1.44. The van der Waals surface area contributed by atoms with Crippen LogP contribution in [0.2, 0.25) is 0 Å². The highest BCUT2D eigenvalue weighted by Crippen LogP contribution is 2.20. The van der Waals surface area contributed by atoms with Gasteiger partial charge in [0.15, 0.2) is 15.7 Å². The molecule has 1 aliphatic rings. The zero-order valence-corrected chi connectivity index (χ0v) is 12.9. The summed E-state index contributed by atoms with van der Waals surface area (Å²) in [5.74, 6) is 2.03. The summed E-state index contributed by atoms with van der Waals surface area (Å²) in [5.41, 5.74) is 0. The third-order valence-electron chi connectivity index (χ3n) is 3.31. The second-order valence-electron chi connectivity index (χ2n) is 5.58. The van der Waals surface area contributed by atoms with E-state index in [0.717, 1.165) is 6.54 Å². The summed E-state index contributed by atoms with van der Waals surface area (Å²) in [4.78, 5) is 6.19. The minimum absolute atomic E-state index is 0.0675. The number of aromatic nitrogens is 3. The molecule has 1 unspecified atom stereocenters. The highest BCUT2D eigenvalue weighted by Gasteiger charge is 2.31. The van der Waals surface area contributed by atoms with Gasteiger partial charge in [-0.3, -0.25) is 0 Å². The first-order chi connectivity index (χ1) is 9.37. The summed E-state index contributed by atoms with van der Waals surface area (Å²) in [7, 11) is -1.10. The van der Waals surface area contributed by atoms with Crippen LogP contribution in [0.15, 0.2) is 6.20 Å². The van der Waals surface area contributed by atoms with Crippen molar-refractivity contribution >= 4 is 21.6 Å². The van der Waals surface area contributed by atoms with E-state index in [-0.39, 0.29) is 17.5 Å². The third-order valence-corrected chi connectivity index (χ3v) is 5.06. The molecule has 0 aliphatic carbocycles. The van der Waals surface area contributed by atoms with Gasteiger partial charge in [0.05, 0.1) is 17.7 Å². The van der Waals surface area contributed by atoms with Crippen LogP contribution in [-0.4, -0.2) is 54.7 Å². The zero-order chi connectivity index (χ0) is 14.8. The molecular formula is C12H21N5O2S. The van der Waals surface area contributed by atoms with E-state index in [4.69, 9.17) is 0 Å². The molecule has 1 N–H and O–H groups in total. The molecule has 0 bridgehead atoms. The molecule has 0 spiro atoms. The lowest BCUT2D eigenvalue weighted by atomic mass is 10.2. The highest BCUT2D eigenvalue weighted by molar-refractivity contribution is 7.91. The van der Waals surface area contributed by atoms with Crippen molar-refractivity contribution < 1.29 is 8.42 Å². The molecule has 0 saturated carbocycles. The minimum atomic E-state index is -2.91. The maximum absolute atomic E-state index is 11.5. The van der Waals surface area contributed by atoms with Gasteiger partial charge >= 0.3 is 0 Å². The molecule has 7 nitrogen and oxygen atoms in total. The monoisotopic (exact) mass is 299 g/mol. The van der Waals surface area contributed by atoms with Gasteiger partial charge in [0.1, 0.15) is 0 Å². The predicted molar refractivity (Wildman–Crippen MR) is 78.6 cm³/mol. The number of nitrogens with zero attached hydrogens (tertiary/aromatic N) is 4. The van der Waals surface area contributed by atoms with E-state index in [1.54, 1.807) is 11.1 Å². The van der Waals surface area contributed by atoms with Gasteiger partial charge in [-0.25, -0.2) is 8.42 Å². The van der Waals surface area contributed by atoms with Crippen LogP contribution in [0.3, 0.4) is 0 Å². The fourth-order valence-corrected chi connectivity index (χ4v) is 3.86. The summed E-state index contributed by atoms with van der Waals surface area (Å²) < 4.78 is 23.1. The Bertz CT molecular complexity index is 561. The average molecular weight is 299 g/mol. The molecule has 0 amide bonds. The summed E-state index contributed by atoms with van der Waals surface area (Å²) >= 11 is 0. The Morgan fingerprint density at radius 2 is 2.25 bits per heavy atom. The first kappa shape index (κ1) is 15.0. The van der Waals surface area contributed by atoms with E-state index in [1.807, 2.05) is 7.05 Å². The molecule has 0 radical (unpaired) electrons. The lowest BCUT2D eigenvalue weighted by molar-refractivity contribution is 0.600. The number of anilines is 2. The maximum Gasteiger partial charge on any atom is 0.247 e. The van der Waals surface area contributed by atoms with E-state index in [1.165, 1.54) is 0 Å². The van der Waals surface area contributed by atoms with Gasteiger partial charge in [0, 0.05) is 19.6 Å². The van der Waals surface area contributed by atoms with Crippen molar-refractivity contribution in [3.63, 3.8) is 0 Å². The van der Waals surface area contributed by atoms with Crippen LogP contribution in [-0.2, 0) is 9.84 Å². The standard InChI is InChI=1S/C12H21N5O2S/c1-9(2)6-13-11-7-14-16-12(15-11)17(3)10-4-5-20(18,19)8-10/h7,9-10H,4-6,8H2,1-3H3,(H,13,15,16). The largest absolute Gasteiger partial charge is 0.368 e. The number of sulfone groups is 1. The van der Waals surface area contributed by atoms with Gasteiger partial charge in [0.25, 0.3) is 0 Å². The van der Waals surface area contributed by atoms with Crippen molar-refractivity contribution in [2.24, 2.45) is 5.92 Å². The normalized spacial score (nSPS) is 21.1. The van der Waals surface area contributed by atoms with Crippen LogP contribution in [0.4, 0.5) is 11.8 Å². The molecule has 2 rings (SSSR count). The Kier molecular flexibility index (Phi) is 4.42. The molecule has 8 heteroatoms. The molecule has 1 saturated heterocycles. The van der Waals surface area contributed by atoms with Gasteiger partial charge in [-0.2, -0.15) is 10.1 Å². The third kappa shape index (κ3) is 3.78. The Morgan fingerprint density at radius 1 is 1.50 bits per heavy atom. The van der Waals surface area contributed by atoms with Crippen molar-refractivity contribution in [3.05, 3.63) is 6.20 Å². The van der Waals surface area contributed by atoms with E-state index >= 15 is 0 Å². The first-order valence-corrected chi connectivity index (χ1v) is 8.56. The minimum Gasteiger partial charge on any atom is -0.368 e. The van der Waals surface area contributed by atoms with Gasteiger partial charge in [-0.15, -0.1) is 5.10 Å². The number of hydrogen-bond acceptors (Lipinski definition) is 7. The van der Waals surface area contributed by atoms with Crippen LogP contribution in [0.5, 0.6) is 0 Å². The van der Waals surface area contributed by atoms with Crippen molar-refractivity contribution in [3.8, 4) is 0 Å². The van der Waals surface area contributed by atoms with Crippen LogP contribution in [0.25, 0.3) is 0 Å². The first-order valence-electron chi connectivity index (χ1n) is 6.74. The number of hydrogen-bond donors (Lipinski definition) is 1. The lowest BCUT2D eigenvalue weighted by Gasteiger charge is -2.23.